The molecular weight excluding hydrogens is 524 g/mol. The molecule has 0 aromatic heterocycles. The standard InChI is InChI=1S/C25H26O14/c1-35-16-4-10(2-3-13(16)27)24-17(7-12-14(28)5-11(26)6-15(12)37-24)38-25-23(34)22(33)21(32)18(39-25)9-36-20(31)8-19(29)30/h2-7,18,21-28,32-34H,8-9H2,1H3,(H,29,30)/p+1/t18?,21-,22?,23?,24?,25-/m1/s1. The first kappa shape index (κ1) is 27.8. The first-order chi connectivity index (χ1) is 18.5. The molecule has 2 aromatic carbocycles. The first-order valence-electron chi connectivity index (χ1n) is 11.6. The number of aromatic hydroxyl groups is 4. The van der Waals surface area contributed by atoms with Crippen molar-refractivity contribution < 1.29 is 69.0 Å². The molecule has 14 nitrogen and oxygen atoms in total. The zero-order valence-corrected chi connectivity index (χ0v) is 20.4. The molecule has 1 fully saturated rings. The number of ether oxygens (including phenoxy) is 5. The number of hydrogen-bond donors (Lipinski definition) is 7. The number of esters is 1. The van der Waals surface area contributed by atoms with E-state index in [-0.39, 0.29) is 40.1 Å². The number of fused-ring (bicyclic) bond motifs is 1. The fourth-order valence-corrected chi connectivity index (χ4v) is 4.12. The van der Waals surface area contributed by atoms with Gasteiger partial charge in [-0.3, -0.25) is 9.59 Å². The minimum Gasteiger partial charge on any atom is -0.571 e. The summed E-state index contributed by atoms with van der Waals surface area (Å²) in [5.41, 5.74) is 0.587. The Labute approximate surface area is 220 Å². The van der Waals surface area contributed by atoms with E-state index in [1.807, 2.05) is 0 Å². The predicted molar refractivity (Wildman–Crippen MR) is 128 cm³/mol. The summed E-state index contributed by atoms with van der Waals surface area (Å²) in [6.45, 7) is -0.651. The van der Waals surface area contributed by atoms with Crippen LogP contribution in [-0.4, -0.2) is 96.8 Å². The molecule has 2 aromatic rings. The van der Waals surface area contributed by atoms with Crippen LogP contribution in [0.15, 0.2) is 36.1 Å². The number of carboxylic acids is 1. The van der Waals surface area contributed by atoms with Crippen molar-refractivity contribution in [3.63, 3.8) is 0 Å². The lowest BCUT2D eigenvalue weighted by molar-refractivity contribution is -0.296. The van der Waals surface area contributed by atoms with Crippen LogP contribution in [0.5, 0.6) is 28.7 Å². The van der Waals surface area contributed by atoms with Gasteiger partial charge in [0.2, 0.25) is 6.29 Å². The van der Waals surface area contributed by atoms with E-state index in [4.69, 9.17) is 24.1 Å². The summed E-state index contributed by atoms with van der Waals surface area (Å²) in [4.78, 5) is 22.3. The summed E-state index contributed by atoms with van der Waals surface area (Å²) in [6.07, 6.45) is -8.91. The van der Waals surface area contributed by atoms with E-state index in [2.05, 4.69) is 4.74 Å². The average Bonchev–Trinajstić information content (AvgIpc) is 2.88. The molecule has 2 aliphatic rings. The van der Waals surface area contributed by atoms with Gasteiger partial charge in [-0.25, -0.2) is 0 Å². The van der Waals surface area contributed by atoms with Gasteiger partial charge in [-0.1, -0.05) is 0 Å². The molecule has 4 rings (SSSR count). The molecule has 39 heavy (non-hydrogen) atoms. The zero-order valence-electron chi connectivity index (χ0n) is 20.4. The third-order valence-electron chi connectivity index (χ3n) is 6.09. The van der Waals surface area contributed by atoms with Gasteiger partial charge in [0.15, 0.2) is 17.3 Å². The predicted octanol–water partition coefficient (Wildman–Crippen LogP) is -0.00880. The van der Waals surface area contributed by atoms with Crippen molar-refractivity contribution >= 4 is 18.0 Å². The third kappa shape index (κ3) is 5.93. The second kappa shape index (κ2) is 11.2. The highest BCUT2D eigenvalue weighted by Gasteiger charge is 2.47. The van der Waals surface area contributed by atoms with Crippen molar-refractivity contribution in [3.05, 3.63) is 47.2 Å². The Hall–Kier alpha value is -4.24. The van der Waals surface area contributed by atoms with Crippen LogP contribution in [0.4, 0.5) is 0 Å². The number of carbonyl (C=O) groups is 2. The Balaban J connectivity index is 1.65. The van der Waals surface area contributed by atoms with E-state index in [0.717, 1.165) is 6.07 Å². The molecule has 1 saturated heterocycles. The number of rotatable bonds is 8. The number of aliphatic hydroxyl groups excluding tert-OH is 3. The maximum Gasteiger partial charge on any atom is 0.317 e. The van der Waals surface area contributed by atoms with Gasteiger partial charge in [-0.2, -0.15) is 0 Å². The highest BCUT2D eigenvalue weighted by Crippen LogP contribution is 2.46. The Morgan fingerprint density at radius 2 is 1.74 bits per heavy atom. The molecule has 4 unspecified atom stereocenters. The van der Waals surface area contributed by atoms with E-state index in [1.165, 1.54) is 37.5 Å². The minimum atomic E-state index is -1.81. The summed E-state index contributed by atoms with van der Waals surface area (Å²) in [7, 11) is 1.35. The monoisotopic (exact) mass is 551 g/mol. The quantitative estimate of drug-likeness (QED) is 0.130. The number of aliphatic carboxylic acids is 1. The van der Waals surface area contributed by atoms with Crippen LogP contribution in [0.1, 0.15) is 23.7 Å². The number of phenolic OH excluding ortho intramolecular Hbond substituents is 3. The molecule has 0 aliphatic carbocycles. The van der Waals surface area contributed by atoms with Gasteiger partial charge in [0.1, 0.15) is 54.5 Å². The molecule has 6 atom stereocenters. The molecule has 210 valence electrons. The van der Waals surface area contributed by atoms with E-state index < -0.39 is 61.8 Å². The molecule has 14 heteroatoms. The molecule has 0 amide bonds. The maximum atomic E-state index is 11.6. The molecule has 0 spiro atoms. The van der Waals surface area contributed by atoms with Crippen LogP contribution in [-0.2, 0) is 23.8 Å². The van der Waals surface area contributed by atoms with Crippen molar-refractivity contribution in [3.8, 4) is 28.7 Å². The van der Waals surface area contributed by atoms with Crippen LogP contribution in [0.3, 0.4) is 0 Å². The normalized spacial score (nSPS) is 26.0. The lowest BCUT2D eigenvalue weighted by atomic mass is 9.98. The Bertz CT molecular complexity index is 1270. The van der Waals surface area contributed by atoms with Crippen molar-refractivity contribution in [1.29, 1.82) is 0 Å². The molecule has 0 saturated carbocycles. The molecule has 0 bridgehead atoms. The van der Waals surface area contributed by atoms with Gasteiger partial charge >= 0.3 is 11.9 Å². The average molecular weight is 551 g/mol. The number of carbonyl (C=O) groups excluding carboxylic acids is 1. The SMILES string of the molecule is COc1cc(C2[OH+]c3cc(O)cc(O)c3C=C2O[C@@H]2OC(COC(=O)CC(=O)O)[C@@H](O)C(O)C2O)ccc1O. The molecule has 8 N–H and O–H groups in total. The van der Waals surface area contributed by atoms with Crippen LogP contribution in [0, 0.1) is 0 Å². The summed E-state index contributed by atoms with van der Waals surface area (Å²) in [5, 5.41) is 70.3. The number of methoxy groups -OCH3 is 1. The number of benzene rings is 2. The van der Waals surface area contributed by atoms with E-state index >= 15 is 0 Å². The Morgan fingerprint density at radius 3 is 2.44 bits per heavy atom. The molecule has 2 heterocycles. The highest BCUT2D eigenvalue weighted by atomic mass is 16.7. The molecule has 0 radical (unpaired) electrons. The van der Waals surface area contributed by atoms with Crippen LogP contribution >= 0.6 is 0 Å². The van der Waals surface area contributed by atoms with Crippen molar-refractivity contribution in [2.24, 2.45) is 0 Å². The second-order valence-corrected chi connectivity index (χ2v) is 8.79. The fraction of sp³-hybridized carbons (Fsp3) is 0.360. The van der Waals surface area contributed by atoms with Crippen LogP contribution in [0.25, 0.3) is 6.08 Å². The first-order valence-corrected chi connectivity index (χ1v) is 11.6. The number of aliphatic hydroxyl groups is 4. The van der Waals surface area contributed by atoms with Gasteiger partial charge < -0.3 is 59.4 Å². The fourth-order valence-electron chi connectivity index (χ4n) is 4.12. The van der Waals surface area contributed by atoms with Gasteiger partial charge in [-0.05, 0) is 18.2 Å². The lowest BCUT2D eigenvalue weighted by Gasteiger charge is -2.40. The minimum absolute atomic E-state index is 0.00880. The topological polar surface area (TPSA) is 225 Å². The van der Waals surface area contributed by atoms with Crippen molar-refractivity contribution in [1.82, 2.24) is 0 Å². The van der Waals surface area contributed by atoms with E-state index in [0.29, 0.717) is 5.56 Å². The van der Waals surface area contributed by atoms with E-state index in [9.17, 15) is 40.2 Å². The van der Waals surface area contributed by atoms with Crippen molar-refractivity contribution in [2.75, 3.05) is 13.7 Å². The summed E-state index contributed by atoms with van der Waals surface area (Å²) in [6, 6.07) is 6.72. The van der Waals surface area contributed by atoms with Crippen molar-refractivity contribution in [2.45, 2.75) is 43.2 Å². The van der Waals surface area contributed by atoms with Gasteiger partial charge in [0, 0.05) is 12.1 Å². The Kier molecular flexibility index (Phi) is 8.01. The summed E-state index contributed by atoms with van der Waals surface area (Å²) in [5.74, 6) is -2.97. The molecular formula is C25H27O14+. The summed E-state index contributed by atoms with van der Waals surface area (Å²) < 4.78 is 26.0. The lowest BCUT2D eigenvalue weighted by Crippen LogP contribution is -2.59. The Morgan fingerprint density at radius 1 is 1.00 bits per heavy atom. The third-order valence-corrected chi connectivity index (χ3v) is 6.09. The number of hydrogen-bond acceptors (Lipinski definition) is 12. The highest BCUT2D eigenvalue weighted by molar-refractivity contribution is 5.90. The summed E-state index contributed by atoms with van der Waals surface area (Å²) >= 11 is 0. The largest absolute Gasteiger partial charge is 0.571 e. The number of carboxylic acid groups (broad SMARTS) is 1. The smallest absolute Gasteiger partial charge is 0.317 e. The van der Waals surface area contributed by atoms with Gasteiger partial charge in [-0.15, -0.1) is 0 Å². The van der Waals surface area contributed by atoms with E-state index in [1.54, 1.807) is 0 Å². The van der Waals surface area contributed by atoms with Gasteiger partial charge in [0.05, 0.1) is 18.7 Å². The maximum absolute atomic E-state index is 11.6. The van der Waals surface area contributed by atoms with Crippen LogP contribution < -0.4 is 4.74 Å². The van der Waals surface area contributed by atoms with Gasteiger partial charge in [0.25, 0.3) is 11.9 Å². The zero-order chi connectivity index (χ0) is 28.4. The number of phenols is 3. The molecule has 2 aliphatic heterocycles. The van der Waals surface area contributed by atoms with Crippen LogP contribution in [0.2, 0.25) is 0 Å². The second-order valence-electron chi connectivity index (χ2n) is 8.79.